The molecule has 0 N–H and O–H groups in total. The summed E-state index contributed by atoms with van der Waals surface area (Å²) in [5.41, 5.74) is 0. The normalized spacial score (nSPS) is 20.3. The average molecular weight is 290 g/mol. The van der Waals surface area contributed by atoms with Crippen molar-refractivity contribution < 1.29 is 44.6 Å². The van der Waals surface area contributed by atoms with Crippen LogP contribution in [-0.4, -0.2) is 37.3 Å². The van der Waals surface area contributed by atoms with Gasteiger partial charge in [-0.1, -0.05) is 0 Å². The fourth-order valence-corrected chi connectivity index (χ4v) is 1.11. The van der Waals surface area contributed by atoms with Gasteiger partial charge >= 0.3 is 24.1 Å². The average Bonchev–Trinajstić information content (AvgIpc) is 2.14. The van der Waals surface area contributed by atoms with Crippen LogP contribution in [0.15, 0.2) is 0 Å². The molecule has 0 aliphatic rings. The van der Waals surface area contributed by atoms with Gasteiger partial charge in [0.25, 0.3) is 0 Å². The number of hydrogen-bond acceptors (Lipinski definition) is 2. The highest BCUT2D eigenvalue weighted by atomic mass is 19.4. The molecule has 10 heteroatoms. The molecule has 0 spiro atoms. The van der Waals surface area contributed by atoms with E-state index < -0.39 is 37.3 Å². The second kappa shape index (κ2) is 5.16. The Labute approximate surface area is 96.8 Å². The van der Waals surface area contributed by atoms with Crippen molar-refractivity contribution in [3.05, 3.63) is 0 Å². The molecule has 0 rings (SSSR count). The Morgan fingerprint density at radius 3 is 0.944 bits per heavy atom. The smallest absolute Gasteiger partial charge is 0.334 e. The first-order chi connectivity index (χ1) is 7.87. The second-order valence-electron chi connectivity index (χ2n) is 3.05. The highest BCUT2D eigenvalue weighted by Crippen LogP contribution is 2.52. The van der Waals surface area contributed by atoms with E-state index in [0.717, 1.165) is 13.8 Å². The van der Waals surface area contributed by atoms with Crippen LogP contribution in [-0.2, 0) is 9.47 Å². The number of hydrogen-bond donors (Lipinski definition) is 0. The molecular formula is C8H10F8O2. The SMILES string of the molecule is CCOC(F)(C(F)(F)F)C(F)(OCC)C(F)(F)F. The Bertz CT molecular complexity index is 247. The molecule has 18 heavy (non-hydrogen) atoms. The first-order valence-electron chi connectivity index (χ1n) is 4.66. The molecule has 0 heterocycles. The van der Waals surface area contributed by atoms with Gasteiger partial charge < -0.3 is 9.47 Å². The lowest BCUT2D eigenvalue weighted by atomic mass is 10.1. The molecule has 2 atom stereocenters. The molecule has 0 aromatic rings. The second-order valence-corrected chi connectivity index (χ2v) is 3.05. The summed E-state index contributed by atoms with van der Waals surface area (Å²) in [5, 5.41) is 0. The Balaban J connectivity index is 5.81. The molecule has 0 amide bonds. The largest absolute Gasteiger partial charge is 0.455 e. The van der Waals surface area contributed by atoms with Gasteiger partial charge in [-0.15, -0.1) is 0 Å². The molecule has 0 aromatic heterocycles. The van der Waals surface area contributed by atoms with Crippen molar-refractivity contribution in [1.29, 1.82) is 0 Å². The zero-order valence-corrected chi connectivity index (χ0v) is 9.25. The van der Waals surface area contributed by atoms with E-state index in [1.807, 2.05) is 0 Å². The highest BCUT2D eigenvalue weighted by Gasteiger charge is 2.82. The molecule has 2 unspecified atom stereocenters. The number of rotatable bonds is 5. The fourth-order valence-electron chi connectivity index (χ4n) is 1.11. The van der Waals surface area contributed by atoms with Gasteiger partial charge in [-0.3, -0.25) is 0 Å². The minimum Gasteiger partial charge on any atom is -0.334 e. The van der Waals surface area contributed by atoms with Crippen molar-refractivity contribution in [3.8, 4) is 0 Å². The monoisotopic (exact) mass is 290 g/mol. The lowest BCUT2D eigenvalue weighted by Crippen LogP contribution is -2.67. The third kappa shape index (κ3) is 2.68. The summed E-state index contributed by atoms with van der Waals surface area (Å²) in [6.45, 7) is -0.707. The van der Waals surface area contributed by atoms with Crippen molar-refractivity contribution in [2.45, 2.75) is 37.9 Å². The Morgan fingerprint density at radius 1 is 0.611 bits per heavy atom. The first-order valence-corrected chi connectivity index (χ1v) is 4.66. The van der Waals surface area contributed by atoms with Crippen LogP contribution in [0.25, 0.3) is 0 Å². The molecule has 0 aromatic carbocycles. The minimum atomic E-state index is -6.26. The first kappa shape index (κ1) is 17.4. The Kier molecular flexibility index (Phi) is 4.97. The molecule has 2 nitrogen and oxygen atoms in total. The van der Waals surface area contributed by atoms with Crippen molar-refractivity contribution in [2.75, 3.05) is 13.2 Å². The van der Waals surface area contributed by atoms with Gasteiger partial charge in [-0.05, 0) is 13.8 Å². The number of halogens is 8. The van der Waals surface area contributed by atoms with Crippen LogP contribution in [0.5, 0.6) is 0 Å². The summed E-state index contributed by atoms with van der Waals surface area (Å²) in [6.07, 6.45) is -12.5. The highest BCUT2D eigenvalue weighted by molar-refractivity contribution is 4.98. The standard InChI is InChI=1S/C8H10F8O2/c1-3-17-5(9,7(11,12)13)6(10,18-4-2)8(14,15)16/h3-4H2,1-2H3. The maximum atomic E-state index is 13.5. The molecule has 0 fully saturated rings. The molecular weight excluding hydrogens is 280 g/mol. The summed E-state index contributed by atoms with van der Waals surface area (Å²) in [7, 11) is 0. The molecule has 0 saturated heterocycles. The summed E-state index contributed by atoms with van der Waals surface area (Å²) < 4.78 is 108. The predicted octanol–water partition coefficient (Wildman–Crippen LogP) is 3.52. The number of alkyl halides is 8. The van der Waals surface area contributed by atoms with E-state index in [2.05, 4.69) is 9.47 Å². The molecule has 0 saturated carbocycles. The van der Waals surface area contributed by atoms with E-state index in [4.69, 9.17) is 0 Å². The van der Waals surface area contributed by atoms with Crippen molar-refractivity contribution in [1.82, 2.24) is 0 Å². The summed E-state index contributed by atoms with van der Waals surface area (Å²) in [6, 6.07) is 0. The van der Waals surface area contributed by atoms with Crippen LogP contribution >= 0.6 is 0 Å². The van der Waals surface area contributed by atoms with Gasteiger partial charge in [0.15, 0.2) is 0 Å². The molecule has 0 aliphatic heterocycles. The summed E-state index contributed by atoms with van der Waals surface area (Å²) >= 11 is 0. The van der Waals surface area contributed by atoms with Crippen LogP contribution in [0.4, 0.5) is 35.1 Å². The van der Waals surface area contributed by atoms with E-state index in [-0.39, 0.29) is 0 Å². The van der Waals surface area contributed by atoms with Gasteiger partial charge in [0.05, 0.1) is 0 Å². The van der Waals surface area contributed by atoms with Gasteiger partial charge in [0.1, 0.15) is 0 Å². The van der Waals surface area contributed by atoms with Crippen LogP contribution in [0.3, 0.4) is 0 Å². The van der Waals surface area contributed by atoms with Crippen LogP contribution in [0.2, 0.25) is 0 Å². The predicted molar refractivity (Wildman–Crippen MR) is 43.0 cm³/mol. The lowest BCUT2D eigenvalue weighted by Gasteiger charge is -2.39. The van der Waals surface area contributed by atoms with Crippen LogP contribution in [0, 0.1) is 0 Å². The maximum Gasteiger partial charge on any atom is 0.455 e. The van der Waals surface area contributed by atoms with Gasteiger partial charge in [-0.2, -0.15) is 35.1 Å². The fraction of sp³-hybridized carbons (Fsp3) is 1.00. The van der Waals surface area contributed by atoms with Crippen molar-refractivity contribution in [3.63, 3.8) is 0 Å². The van der Waals surface area contributed by atoms with E-state index >= 15 is 0 Å². The molecule has 0 aliphatic carbocycles. The molecule has 0 radical (unpaired) electrons. The molecule has 0 bridgehead atoms. The quantitative estimate of drug-likeness (QED) is 0.721. The maximum absolute atomic E-state index is 13.5. The number of ether oxygens (including phenoxy) is 2. The summed E-state index contributed by atoms with van der Waals surface area (Å²) in [5.74, 6) is -11.3. The summed E-state index contributed by atoms with van der Waals surface area (Å²) in [4.78, 5) is 0. The van der Waals surface area contributed by atoms with Crippen molar-refractivity contribution in [2.24, 2.45) is 0 Å². The van der Waals surface area contributed by atoms with Crippen LogP contribution in [0.1, 0.15) is 13.8 Å². The third-order valence-electron chi connectivity index (χ3n) is 1.83. The van der Waals surface area contributed by atoms with Crippen LogP contribution < -0.4 is 0 Å². The van der Waals surface area contributed by atoms with Gasteiger partial charge in [-0.25, -0.2) is 0 Å². The Hall–Kier alpha value is -0.640. The van der Waals surface area contributed by atoms with E-state index in [0.29, 0.717) is 0 Å². The van der Waals surface area contributed by atoms with Gasteiger partial charge in [0, 0.05) is 13.2 Å². The van der Waals surface area contributed by atoms with Gasteiger partial charge in [0.2, 0.25) is 0 Å². The van der Waals surface area contributed by atoms with E-state index in [9.17, 15) is 35.1 Å². The molecule has 110 valence electrons. The third-order valence-corrected chi connectivity index (χ3v) is 1.83. The minimum absolute atomic E-state index is 0.781. The van der Waals surface area contributed by atoms with E-state index in [1.165, 1.54) is 0 Å². The van der Waals surface area contributed by atoms with Crippen molar-refractivity contribution >= 4 is 0 Å². The zero-order chi connectivity index (χ0) is 14.8. The Morgan fingerprint density at radius 2 is 0.833 bits per heavy atom. The topological polar surface area (TPSA) is 18.5 Å². The van der Waals surface area contributed by atoms with E-state index in [1.54, 1.807) is 0 Å². The zero-order valence-electron chi connectivity index (χ0n) is 9.25. The lowest BCUT2D eigenvalue weighted by molar-refractivity contribution is -0.477.